The largest absolute Gasteiger partial charge is 0.476 e. The van der Waals surface area contributed by atoms with Crippen molar-refractivity contribution in [1.29, 1.82) is 0 Å². The van der Waals surface area contributed by atoms with E-state index in [1.54, 1.807) is 11.3 Å². The number of hydrogen-bond donors (Lipinski definition) is 0. The van der Waals surface area contributed by atoms with Gasteiger partial charge in [0.25, 0.3) is 0 Å². The Bertz CT molecular complexity index is 1670. The molecule has 0 radical (unpaired) electrons. The number of carbonyl (C=O) groups excluding carboxylic acids is 2. The third-order valence-corrected chi connectivity index (χ3v) is 9.52. The summed E-state index contributed by atoms with van der Waals surface area (Å²) in [4.78, 5) is 24.2. The minimum absolute atomic E-state index is 0.275. The minimum Gasteiger partial charge on any atom is -0.476 e. The molecule has 5 nitrogen and oxygen atoms in total. The maximum absolute atomic E-state index is 12.3. The molecule has 1 aromatic heterocycles. The van der Waals surface area contributed by atoms with Crippen LogP contribution in [-0.4, -0.2) is 32.3 Å². The SMILES string of the molecule is COC(=O)CC(Oc1c(Br)cc(-c2c3ccccc3c(Br)c3sc4ccccc4c23)cc1Br)C(=O)OC. The van der Waals surface area contributed by atoms with Gasteiger partial charge in [-0.05, 0) is 87.9 Å². The quantitative estimate of drug-likeness (QED) is 0.166. The highest BCUT2D eigenvalue weighted by molar-refractivity contribution is 9.11. The first kappa shape index (κ1) is 26.2. The number of esters is 2. The lowest BCUT2D eigenvalue weighted by molar-refractivity contribution is -0.155. The Morgan fingerprint density at radius 3 is 2.14 bits per heavy atom. The number of thiophene rings is 1. The molecule has 0 bridgehead atoms. The normalized spacial score (nSPS) is 12.1. The molecule has 37 heavy (non-hydrogen) atoms. The van der Waals surface area contributed by atoms with E-state index in [4.69, 9.17) is 14.2 Å². The lowest BCUT2D eigenvalue weighted by atomic mass is 9.93. The van der Waals surface area contributed by atoms with E-state index in [0.717, 1.165) is 31.8 Å². The van der Waals surface area contributed by atoms with Crippen LogP contribution in [0.2, 0.25) is 0 Å². The lowest BCUT2D eigenvalue weighted by Gasteiger charge is -2.19. The Labute approximate surface area is 242 Å². The van der Waals surface area contributed by atoms with E-state index in [2.05, 4.69) is 84.2 Å². The Morgan fingerprint density at radius 2 is 1.49 bits per heavy atom. The van der Waals surface area contributed by atoms with Crippen LogP contribution < -0.4 is 4.74 Å². The van der Waals surface area contributed by atoms with Crippen LogP contribution in [0.1, 0.15) is 6.42 Å². The number of methoxy groups -OCH3 is 2. The smallest absolute Gasteiger partial charge is 0.347 e. The molecular formula is C28H19Br3O5S. The van der Waals surface area contributed by atoms with Crippen molar-refractivity contribution < 1.29 is 23.8 Å². The molecule has 1 heterocycles. The first-order chi connectivity index (χ1) is 17.8. The summed E-state index contributed by atoms with van der Waals surface area (Å²) in [6.07, 6.45) is -1.43. The predicted molar refractivity (Wildman–Crippen MR) is 158 cm³/mol. The fraction of sp³-hybridized carbons (Fsp3) is 0.143. The Kier molecular flexibility index (Phi) is 7.58. The van der Waals surface area contributed by atoms with E-state index in [1.807, 2.05) is 24.3 Å². The standard InChI is InChI=1S/C28H19Br3O5S/c1-34-22(32)13-20(28(33)35-2)36-26-18(29)11-14(12-19(26)30)23-15-7-3-4-8-16(15)25(31)27-24(23)17-9-5-6-10-21(17)37-27/h3-12,20H,13H2,1-2H3. The molecule has 0 aliphatic rings. The van der Waals surface area contributed by atoms with Gasteiger partial charge in [-0.2, -0.15) is 0 Å². The van der Waals surface area contributed by atoms with Gasteiger partial charge < -0.3 is 14.2 Å². The molecule has 1 atom stereocenters. The highest BCUT2D eigenvalue weighted by Gasteiger charge is 2.28. The van der Waals surface area contributed by atoms with Crippen LogP contribution in [0.3, 0.4) is 0 Å². The van der Waals surface area contributed by atoms with Crippen molar-refractivity contribution in [2.45, 2.75) is 12.5 Å². The fourth-order valence-corrected chi connectivity index (χ4v) is 7.72. The van der Waals surface area contributed by atoms with Gasteiger partial charge >= 0.3 is 11.9 Å². The van der Waals surface area contributed by atoms with Gasteiger partial charge in [0.1, 0.15) is 5.75 Å². The Morgan fingerprint density at radius 1 is 0.865 bits per heavy atom. The van der Waals surface area contributed by atoms with Gasteiger partial charge in [0.2, 0.25) is 6.10 Å². The molecule has 9 heteroatoms. The maximum atomic E-state index is 12.3. The molecule has 5 aromatic rings. The summed E-state index contributed by atoms with van der Waals surface area (Å²) in [5, 5.41) is 4.57. The molecular weight excluding hydrogens is 688 g/mol. The highest BCUT2D eigenvalue weighted by Crippen LogP contribution is 2.50. The van der Waals surface area contributed by atoms with Crippen LogP contribution in [-0.2, 0) is 19.1 Å². The molecule has 0 aliphatic heterocycles. The first-order valence-electron chi connectivity index (χ1n) is 11.2. The van der Waals surface area contributed by atoms with Crippen molar-refractivity contribution in [2.75, 3.05) is 14.2 Å². The van der Waals surface area contributed by atoms with E-state index >= 15 is 0 Å². The zero-order valence-electron chi connectivity index (χ0n) is 19.6. The summed E-state index contributed by atoms with van der Waals surface area (Å²) in [5.41, 5.74) is 2.06. The lowest BCUT2D eigenvalue weighted by Crippen LogP contribution is -2.31. The van der Waals surface area contributed by atoms with Crippen molar-refractivity contribution in [3.63, 3.8) is 0 Å². The van der Waals surface area contributed by atoms with Crippen molar-refractivity contribution in [3.05, 3.63) is 74.1 Å². The summed E-state index contributed by atoms with van der Waals surface area (Å²) in [6.45, 7) is 0. The third kappa shape index (κ3) is 4.78. The molecule has 0 amide bonds. The number of carbonyl (C=O) groups is 2. The molecule has 4 aromatic carbocycles. The van der Waals surface area contributed by atoms with Crippen LogP contribution in [0.4, 0.5) is 0 Å². The van der Waals surface area contributed by atoms with E-state index in [1.165, 1.54) is 29.0 Å². The number of halogens is 3. The molecule has 0 aliphatic carbocycles. The van der Waals surface area contributed by atoms with Gasteiger partial charge in [0.15, 0.2) is 0 Å². The maximum Gasteiger partial charge on any atom is 0.347 e. The second-order valence-corrected chi connectivity index (χ2v) is 11.8. The molecule has 5 rings (SSSR count). The van der Waals surface area contributed by atoms with Crippen molar-refractivity contribution in [2.24, 2.45) is 0 Å². The molecule has 0 N–H and O–H groups in total. The summed E-state index contributed by atoms with van der Waals surface area (Å²) in [6, 6.07) is 20.6. The predicted octanol–water partition coefficient (Wildman–Crippen LogP) is 8.65. The summed E-state index contributed by atoms with van der Waals surface area (Å²) >= 11 is 12.9. The average molecular weight is 707 g/mol. The topological polar surface area (TPSA) is 61.8 Å². The number of ether oxygens (including phenoxy) is 3. The zero-order chi connectivity index (χ0) is 26.3. The fourth-order valence-electron chi connectivity index (χ4n) is 4.40. The summed E-state index contributed by atoms with van der Waals surface area (Å²) in [5.74, 6) is -0.859. The molecule has 0 saturated carbocycles. The van der Waals surface area contributed by atoms with Gasteiger partial charge in [-0.15, -0.1) is 11.3 Å². The molecule has 1 unspecified atom stereocenters. The minimum atomic E-state index is -1.16. The van der Waals surface area contributed by atoms with Gasteiger partial charge in [-0.25, -0.2) is 4.79 Å². The number of rotatable bonds is 6. The average Bonchev–Trinajstić information content (AvgIpc) is 3.29. The summed E-state index contributed by atoms with van der Waals surface area (Å²) in [7, 11) is 2.51. The Hall–Kier alpha value is -2.46. The number of benzene rings is 4. The monoisotopic (exact) mass is 704 g/mol. The van der Waals surface area contributed by atoms with Crippen LogP contribution in [0.15, 0.2) is 74.1 Å². The van der Waals surface area contributed by atoms with E-state index < -0.39 is 18.0 Å². The van der Waals surface area contributed by atoms with Gasteiger partial charge in [0.05, 0.1) is 34.3 Å². The second kappa shape index (κ2) is 10.7. The zero-order valence-corrected chi connectivity index (χ0v) is 25.2. The molecule has 188 valence electrons. The molecule has 0 saturated heterocycles. The summed E-state index contributed by atoms with van der Waals surface area (Å²) < 4.78 is 20.2. The Balaban J connectivity index is 1.72. The molecule has 0 fully saturated rings. The van der Waals surface area contributed by atoms with Gasteiger partial charge in [-0.3, -0.25) is 4.79 Å². The van der Waals surface area contributed by atoms with Gasteiger partial charge in [0, 0.05) is 19.9 Å². The van der Waals surface area contributed by atoms with Crippen molar-refractivity contribution >= 4 is 102 Å². The van der Waals surface area contributed by atoms with Crippen LogP contribution in [0.25, 0.3) is 42.1 Å². The van der Waals surface area contributed by atoms with E-state index in [-0.39, 0.29) is 6.42 Å². The first-order valence-corrected chi connectivity index (χ1v) is 14.4. The van der Waals surface area contributed by atoms with E-state index in [9.17, 15) is 9.59 Å². The third-order valence-electron chi connectivity index (χ3n) is 6.07. The van der Waals surface area contributed by atoms with E-state index in [0.29, 0.717) is 14.7 Å². The van der Waals surface area contributed by atoms with Crippen LogP contribution in [0.5, 0.6) is 5.75 Å². The highest BCUT2D eigenvalue weighted by atomic mass is 79.9. The van der Waals surface area contributed by atoms with Crippen LogP contribution >= 0.6 is 59.1 Å². The second-order valence-electron chi connectivity index (χ2n) is 8.22. The number of hydrogen-bond acceptors (Lipinski definition) is 6. The van der Waals surface area contributed by atoms with Crippen molar-refractivity contribution in [3.8, 4) is 16.9 Å². The molecule has 0 spiro atoms. The van der Waals surface area contributed by atoms with Crippen molar-refractivity contribution in [1.82, 2.24) is 0 Å². The number of fused-ring (bicyclic) bond motifs is 4. The van der Waals surface area contributed by atoms with Gasteiger partial charge in [-0.1, -0.05) is 42.5 Å². The van der Waals surface area contributed by atoms with Crippen LogP contribution in [0, 0.1) is 0 Å².